The molecule has 1 aromatic carbocycles. The molecular weight excluding hydrogens is 244 g/mol. The van der Waals surface area contributed by atoms with Crippen LogP contribution in [0.2, 0.25) is 0 Å². The van der Waals surface area contributed by atoms with Gasteiger partial charge in [-0.1, -0.05) is 18.2 Å². The summed E-state index contributed by atoms with van der Waals surface area (Å²) < 4.78 is 1.81. The molecule has 0 aliphatic carbocycles. The van der Waals surface area contributed by atoms with E-state index in [1.807, 2.05) is 35.8 Å². The van der Waals surface area contributed by atoms with Crippen molar-refractivity contribution in [3.63, 3.8) is 0 Å². The predicted octanol–water partition coefficient (Wildman–Crippen LogP) is 1.81. The highest BCUT2D eigenvalue weighted by Gasteiger charge is 2.31. The Morgan fingerprint density at radius 2 is 2.28 bits per heavy atom. The molecule has 94 valence electrons. The van der Waals surface area contributed by atoms with Crippen LogP contribution in [-0.4, -0.2) is 15.5 Å². The summed E-state index contributed by atoms with van der Waals surface area (Å²) in [6.07, 6.45) is 1.95. The summed E-state index contributed by atoms with van der Waals surface area (Å²) >= 11 is 1.89. The molecule has 3 rings (SSSR count). The number of benzene rings is 1. The number of aromatic nitrogens is 2. The minimum Gasteiger partial charge on any atom is -0.275 e. The molecule has 0 amide bonds. The van der Waals surface area contributed by atoms with Gasteiger partial charge in [-0.15, -0.1) is 11.8 Å². The Hall–Kier alpha value is -1.30. The van der Waals surface area contributed by atoms with Crippen molar-refractivity contribution in [3.05, 3.63) is 47.8 Å². The maximum atomic E-state index is 5.74. The van der Waals surface area contributed by atoms with Crippen LogP contribution < -0.4 is 11.3 Å². The van der Waals surface area contributed by atoms with Gasteiger partial charge in [-0.05, 0) is 17.7 Å². The van der Waals surface area contributed by atoms with Crippen LogP contribution in [0.4, 0.5) is 0 Å². The molecule has 1 aliphatic rings. The number of hydrogen-bond acceptors (Lipinski definition) is 4. The van der Waals surface area contributed by atoms with E-state index in [1.54, 1.807) is 0 Å². The van der Waals surface area contributed by atoms with Gasteiger partial charge in [0.2, 0.25) is 0 Å². The highest BCUT2D eigenvalue weighted by molar-refractivity contribution is 7.99. The first kappa shape index (κ1) is 11.8. The van der Waals surface area contributed by atoms with Gasteiger partial charge in [0.15, 0.2) is 0 Å². The van der Waals surface area contributed by atoms with Gasteiger partial charge in [0.25, 0.3) is 0 Å². The Balaban J connectivity index is 1.95. The van der Waals surface area contributed by atoms with Crippen LogP contribution in [0, 0.1) is 0 Å². The molecule has 3 N–H and O–H groups in total. The largest absolute Gasteiger partial charge is 0.275 e. The Kier molecular flexibility index (Phi) is 3.11. The molecule has 18 heavy (non-hydrogen) atoms. The molecule has 0 fully saturated rings. The van der Waals surface area contributed by atoms with Crippen LogP contribution in [0.15, 0.2) is 41.4 Å². The summed E-state index contributed by atoms with van der Waals surface area (Å²) in [4.78, 5) is 1.36. The second kappa shape index (κ2) is 4.76. The molecule has 0 bridgehead atoms. The number of hydrazine groups is 1. The number of nitrogens with two attached hydrogens (primary N) is 1. The number of nitrogens with zero attached hydrogens (tertiary/aromatic N) is 2. The second-order valence-corrected chi connectivity index (χ2v) is 5.58. The quantitative estimate of drug-likeness (QED) is 0.653. The minimum atomic E-state index is 0.0716. The van der Waals surface area contributed by atoms with Crippen molar-refractivity contribution in [2.24, 2.45) is 12.9 Å². The lowest BCUT2D eigenvalue weighted by Crippen LogP contribution is -2.33. The zero-order valence-electron chi connectivity index (χ0n) is 10.2. The van der Waals surface area contributed by atoms with Crippen molar-refractivity contribution in [2.45, 2.75) is 16.9 Å². The van der Waals surface area contributed by atoms with Crippen molar-refractivity contribution in [3.8, 4) is 0 Å². The molecule has 2 unspecified atom stereocenters. The van der Waals surface area contributed by atoms with Crippen molar-refractivity contribution in [2.75, 3.05) is 5.75 Å². The topological polar surface area (TPSA) is 55.9 Å². The van der Waals surface area contributed by atoms with Gasteiger partial charge in [0.05, 0.1) is 11.7 Å². The monoisotopic (exact) mass is 260 g/mol. The molecule has 2 aromatic rings. The van der Waals surface area contributed by atoms with Gasteiger partial charge in [0.1, 0.15) is 0 Å². The van der Waals surface area contributed by atoms with Crippen molar-refractivity contribution < 1.29 is 0 Å². The fourth-order valence-corrected chi connectivity index (χ4v) is 3.76. The normalized spacial score (nSPS) is 19.8. The second-order valence-electron chi connectivity index (χ2n) is 4.51. The molecule has 0 saturated carbocycles. The highest BCUT2D eigenvalue weighted by Crippen LogP contribution is 2.44. The lowest BCUT2D eigenvalue weighted by Gasteiger charge is -2.21. The average Bonchev–Trinajstić information content (AvgIpc) is 2.98. The summed E-state index contributed by atoms with van der Waals surface area (Å²) in [7, 11) is 1.93. The van der Waals surface area contributed by atoms with Gasteiger partial charge in [-0.25, -0.2) is 0 Å². The van der Waals surface area contributed by atoms with Crippen LogP contribution in [0.1, 0.15) is 23.2 Å². The van der Waals surface area contributed by atoms with Crippen LogP contribution >= 0.6 is 11.8 Å². The van der Waals surface area contributed by atoms with Gasteiger partial charge in [-0.3, -0.25) is 16.0 Å². The van der Waals surface area contributed by atoms with Gasteiger partial charge < -0.3 is 0 Å². The van der Waals surface area contributed by atoms with E-state index in [1.165, 1.54) is 10.5 Å². The third kappa shape index (κ3) is 1.94. The number of fused-ring (bicyclic) bond motifs is 1. The number of rotatable bonds is 3. The van der Waals surface area contributed by atoms with Crippen LogP contribution in [0.5, 0.6) is 0 Å². The third-order valence-electron chi connectivity index (χ3n) is 3.37. The number of hydrogen-bond donors (Lipinski definition) is 2. The summed E-state index contributed by atoms with van der Waals surface area (Å²) in [6.45, 7) is 0. The number of thioether (sulfide) groups is 1. The zero-order chi connectivity index (χ0) is 12.5. The van der Waals surface area contributed by atoms with E-state index < -0.39 is 0 Å². The van der Waals surface area contributed by atoms with Crippen molar-refractivity contribution in [1.82, 2.24) is 15.2 Å². The molecular formula is C13H16N4S. The Morgan fingerprint density at radius 1 is 1.44 bits per heavy atom. The van der Waals surface area contributed by atoms with E-state index >= 15 is 0 Å². The van der Waals surface area contributed by atoms with Crippen LogP contribution in [0.3, 0.4) is 0 Å². The molecule has 0 spiro atoms. The standard InChI is InChI=1S/C13H16N4S/c1-17-7-6-11(16-17)13(15-14)10-8-18-12-5-3-2-4-9(10)12/h2-7,10,13,15H,8,14H2,1H3. The number of nitrogens with one attached hydrogen (secondary N) is 1. The van der Waals surface area contributed by atoms with Crippen molar-refractivity contribution in [1.29, 1.82) is 0 Å². The fourth-order valence-electron chi connectivity index (χ4n) is 2.47. The summed E-state index contributed by atoms with van der Waals surface area (Å²) in [5.74, 6) is 7.17. The molecule has 1 aromatic heterocycles. The van der Waals surface area contributed by atoms with E-state index in [4.69, 9.17) is 5.84 Å². The van der Waals surface area contributed by atoms with Gasteiger partial charge in [0, 0.05) is 29.8 Å². The molecule has 0 saturated heterocycles. The SMILES string of the molecule is Cn1ccc(C(NN)C2CSc3ccccc32)n1. The minimum absolute atomic E-state index is 0.0716. The molecule has 2 heterocycles. The van der Waals surface area contributed by atoms with Crippen LogP contribution in [0.25, 0.3) is 0 Å². The Bertz CT molecular complexity index is 551. The van der Waals surface area contributed by atoms with Gasteiger partial charge >= 0.3 is 0 Å². The Labute approximate surface area is 111 Å². The summed E-state index contributed by atoms with van der Waals surface area (Å²) in [6, 6.07) is 10.6. The van der Waals surface area contributed by atoms with E-state index in [2.05, 4.69) is 34.8 Å². The smallest absolute Gasteiger partial charge is 0.0813 e. The Morgan fingerprint density at radius 3 is 3.00 bits per heavy atom. The zero-order valence-corrected chi connectivity index (χ0v) is 11.0. The molecule has 2 atom stereocenters. The van der Waals surface area contributed by atoms with Crippen molar-refractivity contribution >= 4 is 11.8 Å². The maximum Gasteiger partial charge on any atom is 0.0813 e. The predicted molar refractivity (Wildman–Crippen MR) is 73.2 cm³/mol. The molecule has 5 heteroatoms. The summed E-state index contributed by atoms with van der Waals surface area (Å²) in [5.41, 5.74) is 5.30. The highest BCUT2D eigenvalue weighted by atomic mass is 32.2. The van der Waals surface area contributed by atoms with Crippen LogP contribution in [-0.2, 0) is 7.05 Å². The van der Waals surface area contributed by atoms with E-state index in [-0.39, 0.29) is 6.04 Å². The van der Waals surface area contributed by atoms with E-state index in [9.17, 15) is 0 Å². The van der Waals surface area contributed by atoms with E-state index in [0.717, 1.165) is 11.4 Å². The first-order chi connectivity index (χ1) is 8.79. The summed E-state index contributed by atoms with van der Waals surface area (Å²) in [5, 5.41) is 4.46. The lowest BCUT2D eigenvalue weighted by atomic mass is 9.92. The lowest BCUT2D eigenvalue weighted by molar-refractivity contribution is 0.469. The first-order valence-corrected chi connectivity index (χ1v) is 6.95. The fraction of sp³-hybridized carbons (Fsp3) is 0.308. The maximum absolute atomic E-state index is 5.74. The first-order valence-electron chi connectivity index (χ1n) is 5.97. The van der Waals surface area contributed by atoms with Gasteiger partial charge in [-0.2, -0.15) is 5.10 Å². The average molecular weight is 260 g/mol. The molecule has 4 nitrogen and oxygen atoms in total. The number of aryl methyl sites for hydroxylation is 1. The molecule has 1 aliphatic heterocycles. The third-order valence-corrected chi connectivity index (χ3v) is 4.58. The molecule has 0 radical (unpaired) electrons. The van der Waals surface area contributed by atoms with E-state index in [0.29, 0.717) is 5.92 Å².